The Morgan fingerprint density at radius 2 is 1.80 bits per heavy atom. The summed E-state index contributed by atoms with van der Waals surface area (Å²) in [5, 5.41) is 10.1. The molecule has 1 N–H and O–H groups in total. The van der Waals surface area contributed by atoms with E-state index in [1.807, 2.05) is 11.9 Å². The van der Waals surface area contributed by atoms with Gasteiger partial charge in [-0.2, -0.15) is 13.2 Å². The first kappa shape index (κ1) is 17.0. The van der Waals surface area contributed by atoms with E-state index in [9.17, 15) is 18.3 Å². The Morgan fingerprint density at radius 3 is 2.30 bits per heavy atom. The lowest BCUT2D eigenvalue weighted by Gasteiger charge is -2.28. The summed E-state index contributed by atoms with van der Waals surface area (Å²) < 4.78 is 37.9. The molecule has 0 fully saturated rings. The minimum absolute atomic E-state index is 0.0717. The van der Waals surface area contributed by atoms with Gasteiger partial charge in [-0.3, -0.25) is 0 Å². The van der Waals surface area contributed by atoms with Crippen LogP contribution in [0.3, 0.4) is 0 Å². The number of aliphatic hydroxyl groups excluding tert-OH is 1. The molecule has 0 saturated carbocycles. The van der Waals surface area contributed by atoms with Crippen LogP contribution in [-0.4, -0.2) is 30.1 Å². The van der Waals surface area contributed by atoms with Gasteiger partial charge in [0.05, 0.1) is 11.7 Å². The number of likely N-dealkylation sites (N-methyl/N-ethyl adjacent to an activating group) is 1. The summed E-state index contributed by atoms with van der Waals surface area (Å²) in [6.45, 7) is 7.27. The smallest absolute Gasteiger partial charge is 0.387 e. The van der Waals surface area contributed by atoms with Crippen LogP contribution in [-0.2, 0) is 6.18 Å². The van der Waals surface area contributed by atoms with E-state index in [2.05, 4.69) is 20.8 Å². The van der Waals surface area contributed by atoms with E-state index in [0.717, 1.165) is 18.7 Å². The number of alkyl halides is 3. The molecule has 0 aromatic heterocycles. The van der Waals surface area contributed by atoms with E-state index in [0.29, 0.717) is 12.1 Å². The van der Waals surface area contributed by atoms with Crippen molar-refractivity contribution in [1.29, 1.82) is 0 Å². The molecule has 0 bridgehead atoms. The zero-order valence-electron chi connectivity index (χ0n) is 12.3. The maximum Gasteiger partial charge on any atom is 0.416 e. The lowest BCUT2D eigenvalue weighted by molar-refractivity contribution is -0.137. The first-order valence-corrected chi connectivity index (χ1v) is 6.53. The molecule has 0 spiro atoms. The molecule has 0 saturated heterocycles. The number of hydrogen-bond donors (Lipinski definition) is 1. The van der Waals surface area contributed by atoms with Gasteiger partial charge < -0.3 is 10.0 Å². The highest BCUT2D eigenvalue weighted by Crippen LogP contribution is 2.31. The number of aliphatic hydroxyl groups is 1. The molecule has 20 heavy (non-hydrogen) atoms. The van der Waals surface area contributed by atoms with Gasteiger partial charge in [-0.1, -0.05) is 32.9 Å². The van der Waals surface area contributed by atoms with Crippen LogP contribution in [0.15, 0.2) is 24.3 Å². The third-order valence-corrected chi connectivity index (χ3v) is 2.83. The summed E-state index contributed by atoms with van der Waals surface area (Å²) in [6, 6.07) is 4.86. The lowest BCUT2D eigenvalue weighted by atomic mass is 9.96. The minimum Gasteiger partial charge on any atom is -0.387 e. The highest BCUT2D eigenvalue weighted by molar-refractivity contribution is 5.27. The van der Waals surface area contributed by atoms with Gasteiger partial charge in [0.15, 0.2) is 0 Å². The van der Waals surface area contributed by atoms with Gasteiger partial charge in [0.1, 0.15) is 0 Å². The Labute approximate surface area is 118 Å². The number of benzene rings is 1. The standard InChI is InChI=1S/C15H22F3NO/c1-14(2,3)10-19(4)9-13(20)11-6-5-7-12(8-11)15(16,17)18/h5-8,13,20H,9-10H2,1-4H3. The van der Waals surface area contributed by atoms with Crippen LogP contribution in [0.25, 0.3) is 0 Å². The van der Waals surface area contributed by atoms with E-state index >= 15 is 0 Å². The van der Waals surface area contributed by atoms with Crippen LogP contribution in [0, 0.1) is 5.41 Å². The monoisotopic (exact) mass is 289 g/mol. The van der Waals surface area contributed by atoms with Crippen LogP contribution in [0.4, 0.5) is 13.2 Å². The largest absolute Gasteiger partial charge is 0.416 e. The van der Waals surface area contributed by atoms with E-state index in [1.165, 1.54) is 12.1 Å². The first-order chi connectivity index (χ1) is 8.99. The summed E-state index contributed by atoms with van der Waals surface area (Å²) in [5.74, 6) is 0. The van der Waals surface area contributed by atoms with Crippen molar-refractivity contribution in [3.63, 3.8) is 0 Å². The Kier molecular flexibility index (Phi) is 5.21. The third-order valence-electron chi connectivity index (χ3n) is 2.83. The van der Waals surface area contributed by atoms with E-state index in [-0.39, 0.29) is 5.41 Å². The van der Waals surface area contributed by atoms with Crippen LogP contribution >= 0.6 is 0 Å². The predicted molar refractivity (Wildman–Crippen MR) is 73.4 cm³/mol. The lowest BCUT2D eigenvalue weighted by Crippen LogP contribution is -2.32. The summed E-state index contributed by atoms with van der Waals surface area (Å²) in [5.41, 5.74) is -0.365. The molecule has 0 heterocycles. The zero-order valence-corrected chi connectivity index (χ0v) is 12.3. The molecule has 114 valence electrons. The quantitative estimate of drug-likeness (QED) is 0.913. The second-order valence-corrected chi connectivity index (χ2v) is 6.40. The van der Waals surface area contributed by atoms with E-state index < -0.39 is 17.8 Å². The van der Waals surface area contributed by atoms with Crippen molar-refractivity contribution in [2.45, 2.75) is 33.1 Å². The highest BCUT2D eigenvalue weighted by Gasteiger charge is 2.31. The van der Waals surface area contributed by atoms with Crippen LogP contribution in [0.1, 0.15) is 38.0 Å². The van der Waals surface area contributed by atoms with Crippen molar-refractivity contribution in [2.24, 2.45) is 5.41 Å². The summed E-state index contributed by atoms with van der Waals surface area (Å²) in [4.78, 5) is 1.92. The van der Waals surface area contributed by atoms with Crippen molar-refractivity contribution in [1.82, 2.24) is 4.90 Å². The number of halogens is 3. The maximum absolute atomic E-state index is 12.6. The van der Waals surface area contributed by atoms with Crippen molar-refractivity contribution in [3.05, 3.63) is 35.4 Å². The molecule has 0 aliphatic rings. The fourth-order valence-electron chi connectivity index (χ4n) is 2.20. The molecule has 5 heteroatoms. The third kappa shape index (κ3) is 5.51. The number of rotatable bonds is 4. The summed E-state index contributed by atoms with van der Waals surface area (Å²) in [6.07, 6.45) is -5.31. The highest BCUT2D eigenvalue weighted by atomic mass is 19.4. The average Bonchev–Trinajstić information content (AvgIpc) is 2.25. The van der Waals surface area contributed by atoms with Crippen LogP contribution < -0.4 is 0 Å². The molecule has 0 amide bonds. The second-order valence-electron chi connectivity index (χ2n) is 6.40. The summed E-state index contributed by atoms with van der Waals surface area (Å²) >= 11 is 0. The molecule has 0 radical (unpaired) electrons. The normalized spacial score (nSPS) is 14.7. The van der Waals surface area contributed by atoms with Gasteiger partial charge in [-0.05, 0) is 30.2 Å². The van der Waals surface area contributed by atoms with E-state index in [4.69, 9.17) is 0 Å². The second kappa shape index (κ2) is 6.14. The zero-order chi connectivity index (χ0) is 15.6. The van der Waals surface area contributed by atoms with Crippen molar-refractivity contribution in [3.8, 4) is 0 Å². The van der Waals surface area contributed by atoms with Gasteiger partial charge in [0.2, 0.25) is 0 Å². The SMILES string of the molecule is CN(CC(O)c1cccc(C(F)(F)F)c1)CC(C)(C)C. The Balaban J connectivity index is 2.75. The van der Waals surface area contributed by atoms with Crippen molar-refractivity contribution in [2.75, 3.05) is 20.1 Å². The summed E-state index contributed by atoms with van der Waals surface area (Å²) in [7, 11) is 1.85. The fraction of sp³-hybridized carbons (Fsp3) is 0.600. The molecule has 0 aliphatic heterocycles. The molecule has 2 nitrogen and oxygen atoms in total. The van der Waals surface area contributed by atoms with Crippen LogP contribution in [0.5, 0.6) is 0 Å². The Bertz CT molecular complexity index is 437. The van der Waals surface area contributed by atoms with Gasteiger partial charge in [0, 0.05) is 13.1 Å². The first-order valence-electron chi connectivity index (χ1n) is 6.53. The molecular weight excluding hydrogens is 267 g/mol. The average molecular weight is 289 g/mol. The van der Waals surface area contributed by atoms with Crippen molar-refractivity contribution >= 4 is 0 Å². The molecule has 1 unspecified atom stereocenters. The molecule has 0 aliphatic carbocycles. The van der Waals surface area contributed by atoms with E-state index in [1.54, 1.807) is 0 Å². The van der Waals surface area contributed by atoms with Gasteiger partial charge in [-0.15, -0.1) is 0 Å². The fourth-order valence-corrected chi connectivity index (χ4v) is 2.20. The molecule has 1 aromatic rings. The minimum atomic E-state index is -4.38. The topological polar surface area (TPSA) is 23.5 Å². The maximum atomic E-state index is 12.6. The number of hydrogen-bond acceptors (Lipinski definition) is 2. The Hall–Kier alpha value is -1.07. The van der Waals surface area contributed by atoms with Crippen LogP contribution in [0.2, 0.25) is 0 Å². The van der Waals surface area contributed by atoms with Gasteiger partial charge >= 0.3 is 6.18 Å². The molecule has 1 aromatic carbocycles. The Morgan fingerprint density at radius 1 is 1.20 bits per heavy atom. The van der Waals surface area contributed by atoms with Gasteiger partial charge in [0.25, 0.3) is 0 Å². The molecule has 1 atom stereocenters. The number of nitrogens with zero attached hydrogens (tertiary/aromatic N) is 1. The molecule has 1 rings (SSSR count). The van der Waals surface area contributed by atoms with Crippen molar-refractivity contribution < 1.29 is 18.3 Å². The molecular formula is C15H22F3NO. The predicted octanol–water partition coefficient (Wildman–Crippen LogP) is 3.72. The van der Waals surface area contributed by atoms with Gasteiger partial charge in [-0.25, -0.2) is 0 Å².